The molecule has 0 bridgehead atoms. The molecule has 154 valence electrons. The van der Waals surface area contributed by atoms with Gasteiger partial charge in [0.2, 0.25) is 0 Å². The second kappa shape index (κ2) is 9.53. The molecule has 3 N–H and O–H groups in total. The van der Waals surface area contributed by atoms with Crippen molar-refractivity contribution in [3.63, 3.8) is 0 Å². The fraction of sp³-hybridized carbons (Fsp3) is 0.400. The van der Waals surface area contributed by atoms with Crippen LogP contribution in [0.2, 0.25) is 0 Å². The Balaban J connectivity index is 2.75. The Kier molecular flexibility index (Phi) is 7.71. The molecule has 0 aliphatic heterocycles. The number of carbonyl (C=O) groups is 3. The summed E-state index contributed by atoms with van der Waals surface area (Å²) in [6, 6.07) is -0.248. The van der Waals surface area contributed by atoms with E-state index >= 15 is 0 Å². The van der Waals surface area contributed by atoms with Crippen LogP contribution in [0, 0.1) is 10.1 Å². The number of nitro groups is 1. The van der Waals surface area contributed by atoms with Crippen molar-refractivity contribution in [1.82, 2.24) is 10.6 Å². The van der Waals surface area contributed by atoms with Crippen molar-refractivity contribution in [1.29, 1.82) is 0 Å². The first-order valence-corrected chi connectivity index (χ1v) is 7.82. The van der Waals surface area contributed by atoms with Crippen molar-refractivity contribution in [3.05, 3.63) is 33.9 Å². The van der Waals surface area contributed by atoms with E-state index in [0.717, 1.165) is 6.07 Å². The number of ether oxygens (including phenoxy) is 1. The molecule has 1 rings (SSSR count). The van der Waals surface area contributed by atoms with Gasteiger partial charge in [0.05, 0.1) is 10.5 Å². The highest BCUT2D eigenvalue weighted by atomic mass is 19.4. The Labute approximate surface area is 156 Å². The second-order valence-electron chi connectivity index (χ2n) is 5.37. The molecule has 0 saturated carbocycles. The second-order valence-corrected chi connectivity index (χ2v) is 5.37. The van der Waals surface area contributed by atoms with Crippen LogP contribution in [-0.2, 0) is 20.5 Å². The summed E-state index contributed by atoms with van der Waals surface area (Å²) in [5.41, 5.74) is -2.44. The molecular weight excluding hydrogens is 389 g/mol. The smallest absolute Gasteiger partial charge is 0.416 e. The summed E-state index contributed by atoms with van der Waals surface area (Å²) in [4.78, 5) is 44.4. The number of esters is 1. The Morgan fingerprint density at radius 2 is 1.93 bits per heavy atom. The first-order chi connectivity index (χ1) is 13.0. The Morgan fingerprint density at radius 1 is 1.29 bits per heavy atom. The van der Waals surface area contributed by atoms with E-state index in [9.17, 15) is 37.7 Å². The van der Waals surface area contributed by atoms with Crippen LogP contribution >= 0.6 is 0 Å². The number of imide groups is 1. The minimum Gasteiger partial charge on any atom is -0.454 e. The third-order valence-electron chi connectivity index (χ3n) is 3.18. The topological polar surface area (TPSA) is 140 Å². The van der Waals surface area contributed by atoms with Gasteiger partial charge in [-0.25, -0.2) is 9.59 Å². The van der Waals surface area contributed by atoms with Gasteiger partial charge in [0.1, 0.15) is 11.7 Å². The highest BCUT2D eigenvalue weighted by molar-refractivity contribution is 5.95. The maximum atomic E-state index is 12.7. The van der Waals surface area contributed by atoms with Crippen molar-refractivity contribution in [3.8, 4) is 0 Å². The number of halogens is 3. The van der Waals surface area contributed by atoms with Crippen LogP contribution in [0.15, 0.2) is 18.2 Å². The molecule has 0 aliphatic carbocycles. The van der Waals surface area contributed by atoms with E-state index in [2.05, 4.69) is 15.4 Å². The molecular formula is C15H17F3N4O6. The first-order valence-electron chi connectivity index (χ1n) is 7.82. The number of carbonyl (C=O) groups excluding carboxylic acids is 3. The van der Waals surface area contributed by atoms with Gasteiger partial charge in [0.25, 0.3) is 11.6 Å². The molecule has 0 aliphatic rings. The molecule has 0 radical (unpaired) electrons. The lowest BCUT2D eigenvalue weighted by Gasteiger charge is -2.15. The minimum atomic E-state index is -4.77. The maximum absolute atomic E-state index is 12.7. The fourth-order valence-electron chi connectivity index (χ4n) is 1.90. The lowest BCUT2D eigenvalue weighted by atomic mass is 10.1. The van der Waals surface area contributed by atoms with Gasteiger partial charge in [-0.05, 0) is 26.0 Å². The van der Waals surface area contributed by atoms with Crippen LogP contribution in [0.5, 0.6) is 0 Å². The summed E-state index contributed by atoms with van der Waals surface area (Å²) < 4.78 is 42.7. The number of nitrogens with zero attached hydrogens (tertiary/aromatic N) is 1. The predicted octanol–water partition coefficient (Wildman–Crippen LogP) is 1.80. The largest absolute Gasteiger partial charge is 0.454 e. The van der Waals surface area contributed by atoms with E-state index in [-0.39, 0.29) is 12.2 Å². The van der Waals surface area contributed by atoms with Gasteiger partial charge in [-0.15, -0.1) is 0 Å². The molecule has 0 unspecified atom stereocenters. The maximum Gasteiger partial charge on any atom is 0.416 e. The standard InChI is InChI=1S/C15H17F3N4O6/c1-3-19-14(25)21-12(23)7-28-13(24)8(2)20-10-5-4-9(15(16,17)18)6-11(10)22(26)27/h4-6,8,20H,3,7H2,1-2H3,(H2,19,21,23,25)/t8-/m0/s1. The molecule has 0 spiro atoms. The average molecular weight is 406 g/mol. The molecule has 1 aromatic rings. The van der Waals surface area contributed by atoms with Crippen LogP contribution in [0.3, 0.4) is 0 Å². The van der Waals surface area contributed by atoms with Crippen LogP contribution in [0.1, 0.15) is 19.4 Å². The van der Waals surface area contributed by atoms with E-state index in [1.807, 2.05) is 5.32 Å². The van der Waals surface area contributed by atoms with Crippen molar-refractivity contribution in [2.75, 3.05) is 18.5 Å². The van der Waals surface area contributed by atoms with E-state index < -0.39 is 52.9 Å². The van der Waals surface area contributed by atoms with Gasteiger partial charge in [0.15, 0.2) is 6.61 Å². The van der Waals surface area contributed by atoms with Crippen molar-refractivity contribution in [2.24, 2.45) is 0 Å². The Bertz CT molecular complexity index is 769. The third kappa shape index (κ3) is 6.74. The highest BCUT2D eigenvalue weighted by Crippen LogP contribution is 2.35. The number of rotatable bonds is 7. The van der Waals surface area contributed by atoms with Gasteiger partial charge in [-0.2, -0.15) is 13.2 Å². The zero-order valence-corrected chi connectivity index (χ0v) is 14.8. The number of urea groups is 1. The van der Waals surface area contributed by atoms with E-state index in [4.69, 9.17) is 0 Å². The number of nitro benzene ring substituents is 1. The molecule has 1 aromatic carbocycles. The van der Waals surface area contributed by atoms with Gasteiger partial charge >= 0.3 is 18.2 Å². The molecule has 28 heavy (non-hydrogen) atoms. The van der Waals surface area contributed by atoms with Crippen LogP contribution in [0.25, 0.3) is 0 Å². The van der Waals surface area contributed by atoms with Crippen LogP contribution in [-0.4, -0.2) is 42.0 Å². The zero-order valence-electron chi connectivity index (χ0n) is 14.8. The zero-order chi connectivity index (χ0) is 21.5. The number of hydrogen-bond acceptors (Lipinski definition) is 7. The van der Waals surface area contributed by atoms with Crippen molar-refractivity contribution in [2.45, 2.75) is 26.1 Å². The molecule has 1 atom stereocenters. The normalized spacial score (nSPS) is 11.9. The van der Waals surface area contributed by atoms with E-state index in [1.165, 1.54) is 6.92 Å². The summed E-state index contributed by atoms with van der Waals surface area (Å²) in [6.45, 7) is 2.33. The quantitative estimate of drug-likeness (QED) is 0.356. The molecule has 3 amide bonds. The fourth-order valence-corrected chi connectivity index (χ4v) is 1.90. The van der Waals surface area contributed by atoms with Crippen molar-refractivity contribution >= 4 is 29.3 Å². The first kappa shape index (κ1) is 22.7. The number of amides is 3. The third-order valence-corrected chi connectivity index (χ3v) is 3.18. The summed E-state index contributed by atoms with van der Waals surface area (Å²) in [5.74, 6) is -1.92. The van der Waals surface area contributed by atoms with Gasteiger partial charge in [0, 0.05) is 12.6 Å². The monoisotopic (exact) mass is 406 g/mol. The minimum absolute atomic E-state index is 0.270. The summed E-state index contributed by atoms with van der Waals surface area (Å²) in [5, 5.41) is 17.5. The van der Waals surface area contributed by atoms with Gasteiger partial charge in [-0.3, -0.25) is 20.2 Å². The summed E-state index contributed by atoms with van der Waals surface area (Å²) in [6.07, 6.45) is -4.77. The SMILES string of the molecule is CCNC(=O)NC(=O)COC(=O)[C@H](C)Nc1ccc(C(F)(F)F)cc1[N+](=O)[O-]. The molecule has 13 heteroatoms. The number of alkyl halides is 3. The summed E-state index contributed by atoms with van der Waals surface area (Å²) in [7, 11) is 0. The van der Waals surface area contributed by atoms with Crippen LogP contribution in [0.4, 0.5) is 29.3 Å². The lowest BCUT2D eigenvalue weighted by Crippen LogP contribution is -2.42. The van der Waals surface area contributed by atoms with Crippen LogP contribution < -0.4 is 16.0 Å². The Morgan fingerprint density at radius 3 is 2.46 bits per heavy atom. The number of benzene rings is 1. The highest BCUT2D eigenvalue weighted by Gasteiger charge is 2.33. The number of nitrogens with one attached hydrogen (secondary N) is 3. The number of hydrogen-bond donors (Lipinski definition) is 3. The molecule has 0 aromatic heterocycles. The molecule has 0 fully saturated rings. The Hall–Kier alpha value is -3.38. The lowest BCUT2D eigenvalue weighted by molar-refractivity contribution is -0.384. The van der Waals surface area contributed by atoms with Gasteiger partial charge in [-0.1, -0.05) is 0 Å². The van der Waals surface area contributed by atoms with E-state index in [1.54, 1.807) is 6.92 Å². The van der Waals surface area contributed by atoms with Crippen molar-refractivity contribution < 1.29 is 37.2 Å². The molecule has 0 heterocycles. The molecule has 0 saturated heterocycles. The van der Waals surface area contributed by atoms with E-state index in [0.29, 0.717) is 12.1 Å². The molecule has 10 nitrogen and oxygen atoms in total. The summed E-state index contributed by atoms with van der Waals surface area (Å²) >= 11 is 0. The predicted molar refractivity (Wildman–Crippen MR) is 89.4 cm³/mol. The van der Waals surface area contributed by atoms with Gasteiger partial charge < -0.3 is 15.4 Å². The number of anilines is 1. The average Bonchev–Trinajstić information content (AvgIpc) is 2.58.